The third-order valence-electron chi connectivity index (χ3n) is 5.01. The number of ether oxygens (including phenoxy) is 1. The molecule has 0 saturated carbocycles. The fourth-order valence-electron chi connectivity index (χ4n) is 3.67. The molecule has 5 heteroatoms. The van der Waals surface area contributed by atoms with E-state index in [-0.39, 0.29) is 0 Å². The molecule has 1 unspecified atom stereocenters. The second-order valence-corrected chi connectivity index (χ2v) is 7.19. The second-order valence-electron chi connectivity index (χ2n) is 7.19. The number of hydrogen-bond acceptors (Lipinski definition) is 4. The highest BCUT2D eigenvalue weighted by Crippen LogP contribution is 2.21. The van der Waals surface area contributed by atoms with E-state index in [1.54, 1.807) is 0 Å². The number of furan rings is 1. The first-order valence-electron chi connectivity index (χ1n) is 9.49. The van der Waals surface area contributed by atoms with Gasteiger partial charge in [-0.2, -0.15) is 5.10 Å². The van der Waals surface area contributed by atoms with Crippen molar-refractivity contribution in [1.82, 2.24) is 14.7 Å². The van der Waals surface area contributed by atoms with Crippen molar-refractivity contribution in [2.45, 2.75) is 72.7 Å². The minimum atomic E-state index is 0.336. The Kier molecular flexibility index (Phi) is 5.97. The van der Waals surface area contributed by atoms with Crippen LogP contribution in [0.5, 0.6) is 0 Å². The molecular formula is C20H31N3O2. The molecule has 0 aliphatic carbocycles. The summed E-state index contributed by atoms with van der Waals surface area (Å²) in [5, 5.41) is 4.73. The summed E-state index contributed by atoms with van der Waals surface area (Å²) < 4.78 is 13.8. The summed E-state index contributed by atoms with van der Waals surface area (Å²) in [4.78, 5) is 2.45. The molecule has 0 radical (unpaired) electrons. The number of hydrogen-bond donors (Lipinski definition) is 0. The molecule has 1 saturated heterocycles. The highest BCUT2D eigenvalue weighted by molar-refractivity contribution is 5.24. The average Bonchev–Trinajstić information content (AvgIpc) is 3.27. The summed E-state index contributed by atoms with van der Waals surface area (Å²) in [5.74, 6) is 1.99. The van der Waals surface area contributed by atoms with Crippen LogP contribution in [0, 0.1) is 20.8 Å². The van der Waals surface area contributed by atoms with Gasteiger partial charge in [-0.05, 0) is 52.2 Å². The molecule has 2 aromatic rings. The van der Waals surface area contributed by atoms with Crippen LogP contribution in [-0.4, -0.2) is 33.9 Å². The van der Waals surface area contributed by atoms with E-state index in [1.165, 1.54) is 17.7 Å². The first kappa shape index (κ1) is 18.2. The maximum Gasteiger partial charge on any atom is 0.118 e. The third kappa shape index (κ3) is 4.53. The van der Waals surface area contributed by atoms with Crippen molar-refractivity contribution in [3.05, 3.63) is 40.6 Å². The molecule has 1 fully saturated rings. The summed E-state index contributed by atoms with van der Waals surface area (Å²) in [5.41, 5.74) is 3.76. The highest BCUT2D eigenvalue weighted by atomic mass is 16.5. The summed E-state index contributed by atoms with van der Waals surface area (Å²) in [6.45, 7) is 13.0. The summed E-state index contributed by atoms with van der Waals surface area (Å²) in [7, 11) is 0. The van der Waals surface area contributed by atoms with Gasteiger partial charge in [0.2, 0.25) is 0 Å². The fourth-order valence-corrected chi connectivity index (χ4v) is 3.67. The van der Waals surface area contributed by atoms with Gasteiger partial charge >= 0.3 is 0 Å². The Morgan fingerprint density at radius 1 is 1.24 bits per heavy atom. The predicted molar refractivity (Wildman–Crippen MR) is 98.5 cm³/mol. The Bertz CT molecular complexity index is 683. The molecule has 0 amide bonds. The zero-order valence-electron chi connectivity index (χ0n) is 16.0. The van der Waals surface area contributed by atoms with Crippen LogP contribution in [0.4, 0.5) is 0 Å². The Morgan fingerprint density at radius 2 is 2.08 bits per heavy atom. The Hall–Kier alpha value is -1.59. The monoisotopic (exact) mass is 345 g/mol. The standard InChI is InChI=1S/C20H31N3O2/c1-5-10-23-17(4)20(16(3)21-23)14-22(12-18-7-6-11-24-18)13-19-9-8-15(2)25-19/h8-9,18H,5-7,10-14H2,1-4H3. The van der Waals surface area contributed by atoms with Crippen molar-refractivity contribution >= 4 is 0 Å². The van der Waals surface area contributed by atoms with Crippen molar-refractivity contribution < 1.29 is 9.15 Å². The van der Waals surface area contributed by atoms with E-state index >= 15 is 0 Å². The van der Waals surface area contributed by atoms with E-state index in [0.29, 0.717) is 6.10 Å². The van der Waals surface area contributed by atoms with E-state index in [1.807, 2.05) is 13.0 Å². The molecule has 25 heavy (non-hydrogen) atoms. The number of aromatic nitrogens is 2. The first-order valence-corrected chi connectivity index (χ1v) is 9.49. The van der Waals surface area contributed by atoms with Crippen LogP contribution in [-0.2, 0) is 24.4 Å². The van der Waals surface area contributed by atoms with Crippen LogP contribution in [0.2, 0.25) is 0 Å². The predicted octanol–water partition coefficient (Wildman–Crippen LogP) is 3.99. The quantitative estimate of drug-likeness (QED) is 0.725. The molecular weight excluding hydrogens is 314 g/mol. The summed E-state index contributed by atoms with van der Waals surface area (Å²) in [6.07, 6.45) is 3.76. The molecule has 5 nitrogen and oxygen atoms in total. The van der Waals surface area contributed by atoms with Gasteiger partial charge in [-0.25, -0.2) is 0 Å². The summed E-state index contributed by atoms with van der Waals surface area (Å²) in [6, 6.07) is 4.12. The molecule has 1 aliphatic heterocycles. The molecule has 3 rings (SSSR count). The highest BCUT2D eigenvalue weighted by Gasteiger charge is 2.22. The Labute approximate surface area is 151 Å². The minimum Gasteiger partial charge on any atom is -0.465 e. The van der Waals surface area contributed by atoms with Gasteiger partial charge in [0.15, 0.2) is 0 Å². The van der Waals surface area contributed by atoms with Crippen molar-refractivity contribution in [2.75, 3.05) is 13.2 Å². The maximum absolute atomic E-state index is 5.88. The first-order chi connectivity index (χ1) is 12.1. The molecule has 0 spiro atoms. The van der Waals surface area contributed by atoms with Crippen molar-refractivity contribution in [2.24, 2.45) is 0 Å². The number of aryl methyl sites for hydroxylation is 3. The van der Waals surface area contributed by atoms with Crippen molar-refractivity contribution in [3.63, 3.8) is 0 Å². The molecule has 1 aliphatic rings. The minimum absolute atomic E-state index is 0.336. The largest absolute Gasteiger partial charge is 0.465 e. The molecule has 138 valence electrons. The van der Waals surface area contributed by atoms with Gasteiger partial charge in [-0.3, -0.25) is 9.58 Å². The van der Waals surface area contributed by atoms with Gasteiger partial charge < -0.3 is 9.15 Å². The zero-order valence-corrected chi connectivity index (χ0v) is 16.0. The van der Waals surface area contributed by atoms with E-state index in [4.69, 9.17) is 14.3 Å². The van der Waals surface area contributed by atoms with E-state index in [9.17, 15) is 0 Å². The van der Waals surface area contributed by atoms with Gasteiger partial charge in [0.05, 0.1) is 18.3 Å². The lowest BCUT2D eigenvalue weighted by molar-refractivity contribution is 0.0652. The van der Waals surface area contributed by atoms with Crippen LogP contribution in [0.15, 0.2) is 16.5 Å². The molecule has 2 aromatic heterocycles. The number of rotatable bonds is 8. The Balaban J connectivity index is 1.76. The Morgan fingerprint density at radius 3 is 2.72 bits per heavy atom. The summed E-state index contributed by atoms with van der Waals surface area (Å²) >= 11 is 0. The van der Waals surface area contributed by atoms with Crippen LogP contribution >= 0.6 is 0 Å². The normalized spacial score (nSPS) is 17.7. The topological polar surface area (TPSA) is 43.4 Å². The zero-order chi connectivity index (χ0) is 17.8. The molecule has 0 N–H and O–H groups in total. The van der Waals surface area contributed by atoms with Gasteiger partial charge in [-0.1, -0.05) is 6.92 Å². The van der Waals surface area contributed by atoms with Gasteiger partial charge in [-0.15, -0.1) is 0 Å². The van der Waals surface area contributed by atoms with E-state index in [0.717, 1.165) is 62.8 Å². The molecule has 0 aromatic carbocycles. The lowest BCUT2D eigenvalue weighted by Gasteiger charge is -2.24. The van der Waals surface area contributed by atoms with Gasteiger partial charge in [0.1, 0.15) is 11.5 Å². The molecule has 3 heterocycles. The maximum atomic E-state index is 5.88. The van der Waals surface area contributed by atoms with Crippen LogP contribution in [0.25, 0.3) is 0 Å². The second kappa shape index (κ2) is 8.19. The average molecular weight is 345 g/mol. The lowest BCUT2D eigenvalue weighted by Crippen LogP contribution is -2.31. The molecule has 0 bridgehead atoms. The number of nitrogens with zero attached hydrogens (tertiary/aromatic N) is 3. The van der Waals surface area contributed by atoms with Crippen molar-refractivity contribution in [1.29, 1.82) is 0 Å². The smallest absolute Gasteiger partial charge is 0.118 e. The SMILES string of the molecule is CCCn1nc(C)c(CN(Cc2ccc(C)o2)CC2CCCO2)c1C. The van der Waals surface area contributed by atoms with Gasteiger partial charge in [0, 0.05) is 37.5 Å². The third-order valence-corrected chi connectivity index (χ3v) is 5.01. The molecule has 1 atom stereocenters. The van der Waals surface area contributed by atoms with E-state index < -0.39 is 0 Å². The van der Waals surface area contributed by atoms with Crippen LogP contribution in [0.1, 0.15) is 54.7 Å². The lowest BCUT2D eigenvalue weighted by atomic mass is 10.1. The fraction of sp³-hybridized carbons (Fsp3) is 0.650. The van der Waals surface area contributed by atoms with Crippen LogP contribution in [0.3, 0.4) is 0 Å². The van der Waals surface area contributed by atoms with Gasteiger partial charge in [0.25, 0.3) is 0 Å². The van der Waals surface area contributed by atoms with Crippen LogP contribution < -0.4 is 0 Å². The van der Waals surface area contributed by atoms with E-state index in [2.05, 4.69) is 36.4 Å². The van der Waals surface area contributed by atoms with Crippen molar-refractivity contribution in [3.8, 4) is 0 Å².